The fourth-order valence-electron chi connectivity index (χ4n) is 3.21. The molecule has 5 nitrogen and oxygen atoms in total. The van der Waals surface area contributed by atoms with Crippen molar-refractivity contribution in [3.05, 3.63) is 43.7 Å². The smallest absolute Gasteiger partial charge is 0.260 e. The number of carbonyl (C=O) groups excluding carboxylic acids is 2. The Morgan fingerprint density at radius 1 is 1.35 bits per heavy atom. The van der Waals surface area contributed by atoms with E-state index in [2.05, 4.69) is 12.2 Å². The van der Waals surface area contributed by atoms with Crippen LogP contribution in [0.3, 0.4) is 0 Å². The quantitative estimate of drug-likeness (QED) is 0.772. The molecule has 2 aromatic rings. The first-order valence-electron chi connectivity index (χ1n) is 8.10. The Labute approximate surface area is 165 Å². The van der Waals surface area contributed by atoms with E-state index in [-0.39, 0.29) is 16.3 Å². The van der Waals surface area contributed by atoms with Crippen LogP contribution in [0.4, 0.5) is 5.00 Å². The highest BCUT2D eigenvalue weighted by Crippen LogP contribution is 2.40. The molecule has 8 heteroatoms. The molecule has 1 aliphatic carbocycles. The zero-order chi connectivity index (χ0) is 19.0. The van der Waals surface area contributed by atoms with Crippen molar-refractivity contribution in [1.29, 1.82) is 0 Å². The number of methoxy groups -OCH3 is 1. The van der Waals surface area contributed by atoms with Gasteiger partial charge in [0.1, 0.15) is 10.8 Å². The van der Waals surface area contributed by atoms with E-state index in [1.807, 2.05) is 0 Å². The van der Waals surface area contributed by atoms with Crippen LogP contribution in [-0.4, -0.2) is 18.9 Å². The highest BCUT2D eigenvalue weighted by molar-refractivity contribution is 7.17. The second kappa shape index (κ2) is 7.47. The minimum absolute atomic E-state index is 0.195. The molecule has 0 radical (unpaired) electrons. The number of primary amides is 1. The number of rotatable bonds is 4. The van der Waals surface area contributed by atoms with Crippen molar-refractivity contribution in [3.63, 3.8) is 0 Å². The van der Waals surface area contributed by atoms with Crippen LogP contribution in [0.1, 0.15) is 44.5 Å². The topological polar surface area (TPSA) is 81.4 Å². The van der Waals surface area contributed by atoms with Gasteiger partial charge in [-0.05, 0) is 42.9 Å². The number of anilines is 1. The molecule has 26 heavy (non-hydrogen) atoms. The molecule has 1 atom stereocenters. The highest BCUT2D eigenvalue weighted by atomic mass is 35.5. The maximum atomic E-state index is 12.8. The predicted octanol–water partition coefficient (Wildman–Crippen LogP) is 4.54. The van der Waals surface area contributed by atoms with E-state index in [9.17, 15) is 9.59 Å². The van der Waals surface area contributed by atoms with Crippen molar-refractivity contribution in [2.75, 3.05) is 12.4 Å². The summed E-state index contributed by atoms with van der Waals surface area (Å²) in [5, 5.41) is 3.80. The number of nitrogens with two attached hydrogens (primary N) is 1. The Bertz CT molecular complexity index is 895. The lowest BCUT2D eigenvalue weighted by Crippen LogP contribution is -2.19. The Morgan fingerprint density at radius 2 is 2.08 bits per heavy atom. The number of benzene rings is 1. The number of ether oxygens (including phenoxy) is 1. The molecule has 1 aliphatic rings. The third kappa shape index (κ3) is 3.54. The summed E-state index contributed by atoms with van der Waals surface area (Å²) >= 11 is 13.5. The van der Waals surface area contributed by atoms with Crippen LogP contribution in [0.2, 0.25) is 10.0 Å². The summed E-state index contributed by atoms with van der Waals surface area (Å²) in [5.41, 5.74) is 7.13. The molecule has 1 unspecified atom stereocenters. The molecule has 1 heterocycles. The van der Waals surface area contributed by atoms with E-state index < -0.39 is 11.8 Å². The second-order valence-corrected chi connectivity index (χ2v) is 8.29. The maximum absolute atomic E-state index is 12.8. The van der Waals surface area contributed by atoms with E-state index >= 15 is 0 Å². The molecule has 1 aromatic carbocycles. The van der Waals surface area contributed by atoms with Gasteiger partial charge in [-0.15, -0.1) is 11.3 Å². The van der Waals surface area contributed by atoms with Crippen molar-refractivity contribution < 1.29 is 14.3 Å². The molecule has 3 rings (SSSR count). The molecule has 0 bridgehead atoms. The highest BCUT2D eigenvalue weighted by Gasteiger charge is 2.28. The number of carbonyl (C=O) groups is 2. The zero-order valence-electron chi connectivity index (χ0n) is 14.3. The normalized spacial score (nSPS) is 16.1. The molecule has 0 fully saturated rings. The molecule has 0 saturated carbocycles. The number of amides is 2. The standard InChI is InChI=1S/C18H18Cl2N2O3S/c1-8-3-4-10-13(5-8)26-18(14(10)16(21)23)22-17(24)11-6-9(19)7-12(20)15(11)25-2/h6-8H,3-5H2,1-2H3,(H2,21,23)(H,22,24). The Balaban J connectivity index is 2.00. The van der Waals surface area contributed by atoms with Crippen molar-refractivity contribution >= 4 is 51.4 Å². The first-order chi connectivity index (χ1) is 12.3. The predicted molar refractivity (Wildman–Crippen MR) is 105 cm³/mol. The average Bonchev–Trinajstić information content (AvgIpc) is 2.91. The first kappa shape index (κ1) is 19.0. The van der Waals surface area contributed by atoms with Crippen molar-refractivity contribution in [1.82, 2.24) is 0 Å². The van der Waals surface area contributed by atoms with Gasteiger partial charge in [-0.2, -0.15) is 0 Å². The lowest BCUT2D eigenvalue weighted by molar-refractivity contribution is 0.1000. The van der Waals surface area contributed by atoms with E-state index in [0.717, 1.165) is 29.7 Å². The minimum Gasteiger partial charge on any atom is -0.494 e. The van der Waals surface area contributed by atoms with Gasteiger partial charge >= 0.3 is 0 Å². The van der Waals surface area contributed by atoms with Crippen LogP contribution in [0.5, 0.6) is 5.75 Å². The van der Waals surface area contributed by atoms with Crippen LogP contribution in [0.15, 0.2) is 12.1 Å². The third-order valence-corrected chi connectivity index (χ3v) is 6.11. The monoisotopic (exact) mass is 412 g/mol. The number of fused-ring (bicyclic) bond motifs is 1. The molecule has 0 spiro atoms. The van der Waals surface area contributed by atoms with E-state index in [1.165, 1.54) is 30.6 Å². The summed E-state index contributed by atoms with van der Waals surface area (Å²) in [6.07, 6.45) is 2.66. The molecule has 2 amide bonds. The number of nitrogens with one attached hydrogen (secondary N) is 1. The molecule has 1 aromatic heterocycles. The van der Waals surface area contributed by atoms with Crippen LogP contribution >= 0.6 is 34.5 Å². The number of halogens is 2. The minimum atomic E-state index is -0.538. The number of thiophene rings is 1. The van der Waals surface area contributed by atoms with Crippen LogP contribution in [-0.2, 0) is 12.8 Å². The van der Waals surface area contributed by atoms with Gasteiger partial charge in [0.05, 0.1) is 23.3 Å². The zero-order valence-corrected chi connectivity index (χ0v) is 16.6. The summed E-state index contributed by atoms with van der Waals surface area (Å²) in [4.78, 5) is 25.9. The Kier molecular flexibility index (Phi) is 5.46. The van der Waals surface area contributed by atoms with Crippen molar-refractivity contribution in [3.8, 4) is 5.75 Å². The summed E-state index contributed by atoms with van der Waals surface area (Å²) in [7, 11) is 1.42. The lowest BCUT2D eigenvalue weighted by Gasteiger charge is -2.18. The number of hydrogen-bond acceptors (Lipinski definition) is 4. The fourth-order valence-corrected chi connectivity index (χ4v) is 5.19. The molecule has 0 aliphatic heterocycles. The summed E-state index contributed by atoms with van der Waals surface area (Å²) in [5.74, 6) is -0.231. The molecule has 0 saturated heterocycles. The van der Waals surface area contributed by atoms with Gasteiger partial charge in [0.25, 0.3) is 11.8 Å². The maximum Gasteiger partial charge on any atom is 0.260 e. The van der Waals surface area contributed by atoms with E-state index in [0.29, 0.717) is 21.5 Å². The number of hydrogen-bond donors (Lipinski definition) is 2. The largest absolute Gasteiger partial charge is 0.494 e. The molecular formula is C18H18Cl2N2O3S. The Morgan fingerprint density at radius 3 is 2.73 bits per heavy atom. The van der Waals surface area contributed by atoms with Gasteiger partial charge < -0.3 is 15.8 Å². The summed E-state index contributed by atoms with van der Waals surface area (Å²) in [6.45, 7) is 2.17. The Hall–Kier alpha value is -1.76. The van der Waals surface area contributed by atoms with E-state index in [1.54, 1.807) is 0 Å². The van der Waals surface area contributed by atoms with Crippen molar-refractivity contribution in [2.24, 2.45) is 11.7 Å². The third-order valence-electron chi connectivity index (χ3n) is 4.44. The summed E-state index contributed by atoms with van der Waals surface area (Å²) < 4.78 is 5.22. The average molecular weight is 413 g/mol. The lowest BCUT2D eigenvalue weighted by atomic mass is 9.88. The van der Waals surface area contributed by atoms with Gasteiger partial charge in [0.2, 0.25) is 0 Å². The van der Waals surface area contributed by atoms with Gasteiger partial charge in [-0.3, -0.25) is 9.59 Å². The van der Waals surface area contributed by atoms with Crippen molar-refractivity contribution in [2.45, 2.75) is 26.2 Å². The molecular weight excluding hydrogens is 395 g/mol. The molecule has 3 N–H and O–H groups in total. The van der Waals surface area contributed by atoms with Crippen LogP contribution in [0.25, 0.3) is 0 Å². The SMILES string of the molecule is COc1c(Cl)cc(Cl)cc1C(=O)Nc1sc2c(c1C(N)=O)CCC(C)C2. The van der Waals surface area contributed by atoms with Gasteiger partial charge in [0, 0.05) is 9.90 Å². The van der Waals surface area contributed by atoms with Gasteiger partial charge in [0.15, 0.2) is 0 Å². The second-order valence-electron chi connectivity index (χ2n) is 6.34. The fraction of sp³-hybridized carbons (Fsp3) is 0.333. The van der Waals surface area contributed by atoms with Gasteiger partial charge in [-0.1, -0.05) is 30.1 Å². The van der Waals surface area contributed by atoms with Crippen LogP contribution in [0, 0.1) is 5.92 Å². The summed E-state index contributed by atoms with van der Waals surface area (Å²) in [6, 6.07) is 2.97. The molecule has 138 valence electrons. The van der Waals surface area contributed by atoms with Gasteiger partial charge in [-0.25, -0.2) is 0 Å². The van der Waals surface area contributed by atoms with E-state index in [4.69, 9.17) is 33.7 Å². The first-order valence-corrected chi connectivity index (χ1v) is 9.67. The van der Waals surface area contributed by atoms with Crippen LogP contribution < -0.4 is 15.8 Å².